The van der Waals surface area contributed by atoms with Gasteiger partial charge in [-0.05, 0) is 13.8 Å². The molecule has 1 aromatic heterocycles. The van der Waals surface area contributed by atoms with Gasteiger partial charge in [-0.1, -0.05) is 0 Å². The average Bonchev–Trinajstić information content (AvgIpc) is 2.67. The number of nitrogens with one attached hydrogen (secondary N) is 1. The van der Waals surface area contributed by atoms with Crippen molar-refractivity contribution in [1.29, 1.82) is 5.41 Å². The molecule has 0 aliphatic heterocycles. The van der Waals surface area contributed by atoms with E-state index in [2.05, 4.69) is 4.98 Å². The van der Waals surface area contributed by atoms with Crippen LogP contribution in [0.5, 0.6) is 0 Å². The smallest absolute Gasteiger partial charge is 0.261 e. The number of imidazole rings is 1. The van der Waals surface area contributed by atoms with Crippen molar-refractivity contribution in [2.24, 2.45) is 5.73 Å². The topological polar surface area (TPSA) is 105 Å². The normalized spacial score (nSPS) is 12.0. The van der Waals surface area contributed by atoms with Gasteiger partial charge in [0.1, 0.15) is 5.82 Å². The second kappa shape index (κ2) is 5.49. The number of sulfonamides is 1. The van der Waals surface area contributed by atoms with Crippen LogP contribution in [0.15, 0.2) is 11.2 Å². The van der Waals surface area contributed by atoms with Crippen LogP contribution in [0.3, 0.4) is 0 Å². The SMILES string of the molecule is CCn1cc(S(=O)(=O)N(C)CCC(=N)N)nc1C. The molecule has 0 fully saturated rings. The second-order valence-corrected chi connectivity index (χ2v) is 6.01. The number of hydrogen-bond donors (Lipinski definition) is 2. The molecule has 0 aliphatic rings. The summed E-state index contributed by atoms with van der Waals surface area (Å²) >= 11 is 0. The Labute approximate surface area is 107 Å². The molecule has 0 unspecified atom stereocenters. The molecule has 0 saturated carbocycles. The van der Waals surface area contributed by atoms with Crippen molar-refractivity contribution in [1.82, 2.24) is 13.9 Å². The molecule has 0 amide bonds. The Morgan fingerprint density at radius 3 is 2.67 bits per heavy atom. The lowest BCUT2D eigenvalue weighted by Crippen LogP contribution is -2.30. The summed E-state index contributed by atoms with van der Waals surface area (Å²) < 4.78 is 27.3. The van der Waals surface area contributed by atoms with E-state index in [9.17, 15) is 8.42 Å². The minimum absolute atomic E-state index is 0.0349. The molecule has 0 radical (unpaired) electrons. The van der Waals surface area contributed by atoms with Gasteiger partial charge in [0.2, 0.25) is 0 Å². The van der Waals surface area contributed by atoms with Gasteiger partial charge in [-0.3, -0.25) is 5.41 Å². The third-order valence-corrected chi connectivity index (χ3v) is 4.39. The van der Waals surface area contributed by atoms with Gasteiger partial charge < -0.3 is 10.3 Å². The van der Waals surface area contributed by atoms with Gasteiger partial charge >= 0.3 is 0 Å². The lowest BCUT2D eigenvalue weighted by atomic mass is 10.4. The van der Waals surface area contributed by atoms with Crippen LogP contribution < -0.4 is 5.73 Å². The third kappa shape index (κ3) is 3.08. The molecule has 7 nitrogen and oxygen atoms in total. The summed E-state index contributed by atoms with van der Waals surface area (Å²) in [5, 5.41) is 7.14. The Morgan fingerprint density at radius 1 is 1.61 bits per heavy atom. The molecule has 102 valence electrons. The predicted octanol–water partition coefficient (Wildman–Crippen LogP) is 0.158. The Balaban J connectivity index is 2.94. The molecule has 0 bridgehead atoms. The maximum Gasteiger partial charge on any atom is 0.261 e. The largest absolute Gasteiger partial charge is 0.388 e. The Bertz CT molecular complexity index is 534. The number of aryl methyl sites for hydroxylation is 2. The van der Waals surface area contributed by atoms with Crippen LogP contribution in [0, 0.1) is 12.3 Å². The number of rotatable bonds is 6. The van der Waals surface area contributed by atoms with Gasteiger partial charge in [-0.15, -0.1) is 0 Å². The molecular weight excluding hydrogens is 254 g/mol. The van der Waals surface area contributed by atoms with Gasteiger partial charge in [0.05, 0.1) is 5.84 Å². The highest BCUT2D eigenvalue weighted by Gasteiger charge is 2.24. The van der Waals surface area contributed by atoms with Gasteiger partial charge in [0, 0.05) is 32.8 Å². The summed E-state index contributed by atoms with van der Waals surface area (Å²) in [4.78, 5) is 4.05. The van der Waals surface area contributed by atoms with Crippen molar-refractivity contribution in [3.05, 3.63) is 12.0 Å². The summed E-state index contributed by atoms with van der Waals surface area (Å²) in [6.07, 6.45) is 1.73. The number of hydrogen-bond acceptors (Lipinski definition) is 4. The van der Waals surface area contributed by atoms with E-state index in [-0.39, 0.29) is 23.8 Å². The van der Waals surface area contributed by atoms with E-state index >= 15 is 0 Å². The maximum atomic E-state index is 12.2. The first-order valence-electron chi connectivity index (χ1n) is 5.62. The van der Waals surface area contributed by atoms with Gasteiger partial charge in [0.15, 0.2) is 5.03 Å². The van der Waals surface area contributed by atoms with Crippen LogP contribution in [0.25, 0.3) is 0 Å². The van der Waals surface area contributed by atoms with Crippen LogP contribution in [0.4, 0.5) is 0 Å². The van der Waals surface area contributed by atoms with Crippen molar-refractivity contribution >= 4 is 15.9 Å². The van der Waals surface area contributed by atoms with Crippen LogP contribution in [-0.2, 0) is 16.6 Å². The first-order chi connectivity index (χ1) is 8.28. The summed E-state index contributed by atoms with van der Waals surface area (Å²) in [7, 11) is -2.14. The molecule has 0 aromatic carbocycles. The molecule has 8 heteroatoms. The molecule has 18 heavy (non-hydrogen) atoms. The molecule has 1 rings (SSSR count). The zero-order valence-electron chi connectivity index (χ0n) is 10.8. The minimum Gasteiger partial charge on any atom is -0.388 e. The van der Waals surface area contributed by atoms with Crippen molar-refractivity contribution in [2.75, 3.05) is 13.6 Å². The molecule has 1 heterocycles. The Kier molecular flexibility index (Phi) is 4.47. The number of aromatic nitrogens is 2. The molecule has 1 aromatic rings. The van der Waals surface area contributed by atoms with E-state index < -0.39 is 10.0 Å². The quantitative estimate of drug-likeness (QED) is 0.569. The fraction of sp³-hybridized carbons (Fsp3) is 0.600. The summed E-state index contributed by atoms with van der Waals surface area (Å²) in [5.74, 6) is 0.628. The van der Waals surface area contributed by atoms with E-state index in [4.69, 9.17) is 11.1 Å². The minimum atomic E-state index is -3.60. The molecule has 0 atom stereocenters. The van der Waals surface area contributed by atoms with Crippen LogP contribution in [0.2, 0.25) is 0 Å². The summed E-state index contributed by atoms with van der Waals surface area (Å²) in [6, 6.07) is 0. The fourth-order valence-corrected chi connectivity index (χ4v) is 2.64. The van der Waals surface area contributed by atoms with E-state index in [1.165, 1.54) is 13.2 Å². The van der Waals surface area contributed by atoms with Gasteiger partial charge in [-0.2, -0.15) is 4.31 Å². The summed E-state index contributed by atoms with van der Waals surface area (Å²) in [6.45, 7) is 4.53. The zero-order chi connectivity index (χ0) is 13.9. The van der Waals surface area contributed by atoms with E-state index in [0.717, 1.165) is 4.31 Å². The van der Waals surface area contributed by atoms with Gasteiger partial charge in [0.25, 0.3) is 10.0 Å². The Hall–Kier alpha value is -1.41. The average molecular weight is 273 g/mol. The second-order valence-electron chi connectivity index (χ2n) is 4.01. The predicted molar refractivity (Wildman–Crippen MR) is 69.0 cm³/mol. The first kappa shape index (κ1) is 14.7. The highest BCUT2D eigenvalue weighted by molar-refractivity contribution is 7.89. The number of nitrogens with two attached hydrogens (primary N) is 1. The number of amidine groups is 1. The maximum absolute atomic E-state index is 12.2. The van der Waals surface area contributed by atoms with Crippen molar-refractivity contribution < 1.29 is 8.42 Å². The van der Waals surface area contributed by atoms with E-state index in [1.54, 1.807) is 11.5 Å². The van der Waals surface area contributed by atoms with E-state index in [0.29, 0.717) is 12.4 Å². The lowest BCUT2D eigenvalue weighted by molar-refractivity contribution is 0.475. The zero-order valence-corrected chi connectivity index (χ0v) is 11.7. The number of nitrogens with zero attached hydrogens (tertiary/aromatic N) is 3. The third-order valence-electron chi connectivity index (χ3n) is 2.67. The van der Waals surface area contributed by atoms with Crippen molar-refractivity contribution in [3.8, 4) is 0 Å². The van der Waals surface area contributed by atoms with E-state index in [1.807, 2.05) is 6.92 Å². The van der Waals surface area contributed by atoms with Crippen LogP contribution >= 0.6 is 0 Å². The fourth-order valence-electron chi connectivity index (χ4n) is 1.48. The summed E-state index contributed by atoms with van der Waals surface area (Å²) in [5.41, 5.74) is 5.21. The molecule has 0 spiro atoms. The molecule has 0 aliphatic carbocycles. The van der Waals surface area contributed by atoms with Crippen molar-refractivity contribution in [3.63, 3.8) is 0 Å². The molecule has 3 N–H and O–H groups in total. The monoisotopic (exact) mass is 273 g/mol. The van der Waals surface area contributed by atoms with Gasteiger partial charge in [-0.25, -0.2) is 13.4 Å². The van der Waals surface area contributed by atoms with Crippen molar-refractivity contribution in [2.45, 2.75) is 31.8 Å². The lowest BCUT2D eigenvalue weighted by Gasteiger charge is -2.14. The highest BCUT2D eigenvalue weighted by atomic mass is 32.2. The molecule has 0 saturated heterocycles. The van der Waals surface area contributed by atoms with Crippen LogP contribution in [-0.4, -0.2) is 41.7 Å². The molecular formula is C10H19N5O2S. The highest BCUT2D eigenvalue weighted by Crippen LogP contribution is 2.14. The van der Waals surface area contributed by atoms with Crippen LogP contribution in [0.1, 0.15) is 19.2 Å². The Morgan fingerprint density at radius 2 is 2.22 bits per heavy atom. The standard InChI is InChI=1S/C10H19N5O2S/c1-4-15-7-10(13-8(15)2)18(16,17)14(3)6-5-9(11)12/h7H,4-6H2,1-3H3,(H3,11,12). The first-order valence-corrected chi connectivity index (χ1v) is 7.06.